The Kier molecular flexibility index (Phi) is 6.84. The molecule has 9 heteroatoms. The van der Waals surface area contributed by atoms with Gasteiger partial charge in [-0.15, -0.1) is 5.10 Å². The van der Waals surface area contributed by atoms with Gasteiger partial charge in [0.05, 0.1) is 12.0 Å². The highest BCUT2D eigenvalue weighted by Gasteiger charge is 2.07. The van der Waals surface area contributed by atoms with Crippen LogP contribution in [0.15, 0.2) is 64.9 Å². The summed E-state index contributed by atoms with van der Waals surface area (Å²) in [5.74, 6) is 0.528. The van der Waals surface area contributed by atoms with E-state index in [1.165, 1.54) is 11.8 Å². The molecule has 2 aromatic carbocycles. The van der Waals surface area contributed by atoms with Crippen molar-refractivity contribution in [1.82, 2.24) is 20.5 Å². The van der Waals surface area contributed by atoms with E-state index < -0.39 is 0 Å². The Bertz CT molecular complexity index is 898. The van der Waals surface area contributed by atoms with E-state index in [1.54, 1.807) is 18.3 Å². The van der Waals surface area contributed by atoms with Crippen LogP contribution in [0.1, 0.15) is 11.1 Å². The first-order valence-corrected chi connectivity index (χ1v) is 9.46. The molecule has 1 heterocycles. The predicted molar refractivity (Wildman–Crippen MR) is 108 cm³/mol. The van der Waals surface area contributed by atoms with Gasteiger partial charge in [0.15, 0.2) is 0 Å². The third-order valence-corrected chi connectivity index (χ3v) is 4.48. The van der Waals surface area contributed by atoms with Crippen LogP contribution in [-0.4, -0.2) is 33.1 Å². The number of aromatic nitrogens is 3. The van der Waals surface area contributed by atoms with E-state index in [4.69, 9.17) is 11.6 Å². The second-order valence-electron chi connectivity index (χ2n) is 5.44. The quantitative estimate of drug-likeness (QED) is 0.306. The van der Waals surface area contributed by atoms with Gasteiger partial charge >= 0.3 is 0 Å². The van der Waals surface area contributed by atoms with E-state index in [9.17, 15) is 4.79 Å². The Labute approximate surface area is 165 Å². The highest BCUT2D eigenvalue weighted by atomic mass is 35.5. The van der Waals surface area contributed by atoms with Crippen molar-refractivity contribution in [3.63, 3.8) is 0 Å². The third-order valence-electron chi connectivity index (χ3n) is 3.38. The largest absolute Gasteiger partial charge is 0.351 e. The number of hydrazone groups is 1. The van der Waals surface area contributed by atoms with Crippen LogP contribution in [0.3, 0.4) is 0 Å². The topological polar surface area (TPSA) is 95.1 Å². The first-order chi connectivity index (χ1) is 13.2. The molecule has 3 N–H and O–H groups in total. The molecule has 0 saturated heterocycles. The van der Waals surface area contributed by atoms with Crippen molar-refractivity contribution in [3.05, 3.63) is 70.7 Å². The van der Waals surface area contributed by atoms with Gasteiger partial charge in [0.25, 0.3) is 0 Å². The molecule has 0 atom stereocenters. The van der Waals surface area contributed by atoms with Crippen molar-refractivity contribution >= 4 is 41.4 Å². The zero-order valence-electron chi connectivity index (χ0n) is 14.2. The Hall–Kier alpha value is -2.84. The number of halogens is 1. The minimum atomic E-state index is -0.101. The summed E-state index contributed by atoms with van der Waals surface area (Å²) in [6, 6.07) is 17.0. The number of hydrogen-bond acceptors (Lipinski definition) is 6. The monoisotopic (exact) mass is 400 g/mol. The zero-order chi connectivity index (χ0) is 18.9. The first kappa shape index (κ1) is 18.9. The average molecular weight is 401 g/mol. The number of amides is 1. The number of nitrogens with one attached hydrogen (secondary N) is 3. The maximum absolute atomic E-state index is 11.9. The minimum absolute atomic E-state index is 0.101. The third kappa shape index (κ3) is 6.43. The van der Waals surface area contributed by atoms with Gasteiger partial charge in [0.2, 0.25) is 17.0 Å². The fourth-order valence-electron chi connectivity index (χ4n) is 2.05. The molecule has 7 nitrogen and oxygen atoms in total. The lowest BCUT2D eigenvalue weighted by Crippen LogP contribution is -2.24. The SMILES string of the molecule is O=C(CSc1n[nH]c(N/N=C\c2ccccc2)n1)NCc1ccc(Cl)cc1. The van der Waals surface area contributed by atoms with Crippen molar-refractivity contribution in [3.8, 4) is 0 Å². The van der Waals surface area contributed by atoms with Crippen molar-refractivity contribution in [2.75, 3.05) is 11.2 Å². The summed E-state index contributed by atoms with van der Waals surface area (Å²) >= 11 is 7.07. The van der Waals surface area contributed by atoms with E-state index >= 15 is 0 Å². The Morgan fingerprint density at radius 2 is 1.96 bits per heavy atom. The van der Waals surface area contributed by atoms with Gasteiger partial charge in [-0.25, -0.2) is 10.5 Å². The molecule has 3 aromatic rings. The van der Waals surface area contributed by atoms with Gasteiger partial charge in [-0.05, 0) is 23.3 Å². The maximum atomic E-state index is 11.9. The molecule has 0 bridgehead atoms. The molecular formula is C18H17ClN6OS. The van der Waals surface area contributed by atoms with Crippen molar-refractivity contribution in [1.29, 1.82) is 0 Å². The van der Waals surface area contributed by atoms with Gasteiger partial charge in [-0.3, -0.25) is 4.79 Å². The van der Waals surface area contributed by atoms with Crippen molar-refractivity contribution < 1.29 is 4.79 Å². The fraction of sp³-hybridized carbons (Fsp3) is 0.111. The van der Waals surface area contributed by atoms with E-state index in [-0.39, 0.29) is 11.7 Å². The van der Waals surface area contributed by atoms with Gasteiger partial charge in [0, 0.05) is 11.6 Å². The Balaban J connectivity index is 1.40. The van der Waals surface area contributed by atoms with Crippen molar-refractivity contribution in [2.45, 2.75) is 11.7 Å². The molecule has 0 saturated carbocycles. The van der Waals surface area contributed by atoms with Crippen molar-refractivity contribution in [2.24, 2.45) is 5.10 Å². The van der Waals surface area contributed by atoms with Crippen LogP contribution in [0.4, 0.5) is 5.95 Å². The fourth-order valence-corrected chi connectivity index (χ4v) is 2.81. The lowest BCUT2D eigenvalue weighted by molar-refractivity contribution is -0.118. The summed E-state index contributed by atoms with van der Waals surface area (Å²) in [4.78, 5) is 16.1. The second kappa shape index (κ2) is 9.75. The number of nitrogens with zero attached hydrogens (tertiary/aromatic N) is 3. The van der Waals surface area contributed by atoms with E-state index in [2.05, 4.69) is 31.0 Å². The number of thioether (sulfide) groups is 1. The van der Waals surface area contributed by atoms with Gasteiger partial charge in [-0.2, -0.15) is 10.1 Å². The molecule has 0 aliphatic carbocycles. The normalized spacial score (nSPS) is 10.9. The van der Waals surface area contributed by atoms with Crippen LogP contribution in [-0.2, 0) is 11.3 Å². The number of H-pyrrole nitrogens is 1. The Morgan fingerprint density at radius 1 is 1.19 bits per heavy atom. The molecule has 0 radical (unpaired) electrons. The molecule has 27 heavy (non-hydrogen) atoms. The number of benzene rings is 2. The minimum Gasteiger partial charge on any atom is -0.351 e. The highest BCUT2D eigenvalue weighted by Crippen LogP contribution is 2.14. The number of aromatic amines is 1. The molecule has 1 aromatic heterocycles. The predicted octanol–water partition coefficient (Wildman–Crippen LogP) is 3.31. The molecular weight excluding hydrogens is 384 g/mol. The number of carbonyl (C=O) groups excluding carboxylic acids is 1. The van der Waals surface area contributed by atoms with Gasteiger partial charge < -0.3 is 5.32 Å². The summed E-state index contributed by atoms with van der Waals surface area (Å²) in [7, 11) is 0. The van der Waals surface area contributed by atoms with Crippen LogP contribution >= 0.6 is 23.4 Å². The number of anilines is 1. The van der Waals surface area contributed by atoms with Crippen LogP contribution in [0.25, 0.3) is 0 Å². The van der Waals surface area contributed by atoms with E-state index in [1.807, 2.05) is 42.5 Å². The molecule has 138 valence electrons. The summed E-state index contributed by atoms with van der Waals surface area (Å²) in [5.41, 5.74) is 4.72. The maximum Gasteiger partial charge on any atom is 0.240 e. The molecule has 0 fully saturated rings. The summed E-state index contributed by atoms with van der Waals surface area (Å²) < 4.78 is 0. The molecule has 0 aliphatic heterocycles. The van der Waals surface area contributed by atoms with Crippen LogP contribution in [0.5, 0.6) is 0 Å². The van der Waals surface area contributed by atoms with E-state index in [0.717, 1.165) is 11.1 Å². The first-order valence-electron chi connectivity index (χ1n) is 8.09. The van der Waals surface area contributed by atoms with E-state index in [0.29, 0.717) is 22.7 Å². The Morgan fingerprint density at radius 3 is 2.74 bits per heavy atom. The average Bonchev–Trinajstić information content (AvgIpc) is 3.14. The van der Waals surface area contributed by atoms with Crippen LogP contribution in [0, 0.1) is 0 Å². The standard InChI is InChI=1S/C18H17ClN6OS/c19-15-8-6-14(7-9-15)10-20-16(26)12-27-18-22-17(24-25-18)23-21-11-13-4-2-1-3-5-13/h1-9,11H,10,12H2,(H,20,26)(H2,22,23,24,25)/b21-11-. The lowest BCUT2D eigenvalue weighted by atomic mass is 10.2. The molecule has 0 aliphatic rings. The summed E-state index contributed by atoms with van der Waals surface area (Å²) in [6.07, 6.45) is 1.68. The molecule has 3 rings (SSSR count). The number of rotatable bonds is 8. The van der Waals surface area contributed by atoms with Crippen LogP contribution in [0.2, 0.25) is 5.02 Å². The van der Waals surface area contributed by atoms with Crippen LogP contribution < -0.4 is 10.7 Å². The van der Waals surface area contributed by atoms with Gasteiger partial charge in [0.1, 0.15) is 0 Å². The zero-order valence-corrected chi connectivity index (χ0v) is 15.8. The smallest absolute Gasteiger partial charge is 0.240 e. The van der Waals surface area contributed by atoms with Gasteiger partial charge in [-0.1, -0.05) is 65.8 Å². The molecule has 1 amide bonds. The number of hydrogen-bond donors (Lipinski definition) is 3. The second-order valence-corrected chi connectivity index (χ2v) is 6.82. The molecule has 0 spiro atoms. The summed E-state index contributed by atoms with van der Waals surface area (Å²) in [5, 5.41) is 14.8. The number of carbonyl (C=O) groups is 1. The summed E-state index contributed by atoms with van der Waals surface area (Å²) in [6.45, 7) is 0.450. The lowest BCUT2D eigenvalue weighted by Gasteiger charge is -2.04. The molecule has 0 unspecified atom stereocenters. The highest BCUT2D eigenvalue weighted by molar-refractivity contribution is 7.99.